The highest BCUT2D eigenvalue weighted by Crippen LogP contribution is 2.38. The van der Waals surface area contributed by atoms with E-state index < -0.39 is 0 Å². The average molecular weight is 263 g/mol. The fraction of sp³-hybridized carbons (Fsp3) is 0.812. The standard InChI is InChI=1S/C16H25NO2/c18-15-6-8-16(9-11-19-13-16)12-17(15)10-7-14-4-2-1-3-5-14/h4H,1-3,5-13H2. The Balaban J connectivity index is 1.56. The maximum absolute atomic E-state index is 12.1. The van der Waals surface area contributed by atoms with E-state index in [0.717, 1.165) is 52.0 Å². The lowest BCUT2D eigenvalue weighted by Gasteiger charge is -2.39. The van der Waals surface area contributed by atoms with Gasteiger partial charge in [-0.05, 0) is 44.9 Å². The summed E-state index contributed by atoms with van der Waals surface area (Å²) in [4.78, 5) is 14.2. The van der Waals surface area contributed by atoms with Crippen LogP contribution in [0.4, 0.5) is 0 Å². The molecule has 3 aliphatic rings. The van der Waals surface area contributed by atoms with E-state index >= 15 is 0 Å². The second kappa shape index (κ2) is 5.66. The molecule has 19 heavy (non-hydrogen) atoms. The van der Waals surface area contributed by atoms with Crippen molar-refractivity contribution in [3.8, 4) is 0 Å². The van der Waals surface area contributed by atoms with Crippen LogP contribution >= 0.6 is 0 Å². The van der Waals surface area contributed by atoms with E-state index in [1.54, 1.807) is 5.57 Å². The predicted octanol–water partition coefficient (Wildman–Crippen LogP) is 2.91. The Morgan fingerprint density at radius 2 is 2.21 bits per heavy atom. The van der Waals surface area contributed by atoms with Crippen molar-refractivity contribution in [2.45, 2.75) is 51.4 Å². The van der Waals surface area contributed by atoms with Gasteiger partial charge in [0.1, 0.15) is 0 Å². The Kier molecular flexibility index (Phi) is 3.92. The van der Waals surface area contributed by atoms with E-state index in [1.165, 1.54) is 25.7 Å². The van der Waals surface area contributed by atoms with Gasteiger partial charge in [-0.1, -0.05) is 11.6 Å². The van der Waals surface area contributed by atoms with Gasteiger partial charge in [0.05, 0.1) is 6.61 Å². The number of piperidine rings is 1. The Morgan fingerprint density at radius 3 is 2.95 bits per heavy atom. The number of hydrogen-bond donors (Lipinski definition) is 0. The van der Waals surface area contributed by atoms with Crippen LogP contribution in [0.5, 0.6) is 0 Å². The fourth-order valence-corrected chi connectivity index (χ4v) is 3.69. The summed E-state index contributed by atoms with van der Waals surface area (Å²) in [6.45, 7) is 3.60. The molecule has 0 radical (unpaired) electrons. The molecule has 0 aromatic carbocycles. The van der Waals surface area contributed by atoms with Crippen LogP contribution in [0, 0.1) is 5.41 Å². The molecule has 1 spiro atoms. The normalized spacial score (nSPS) is 31.9. The average Bonchev–Trinajstić information content (AvgIpc) is 2.90. The minimum absolute atomic E-state index is 0.287. The Bertz CT molecular complexity index is 369. The molecule has 0 bridgehead atoms. The molecule has 1 amide bonds. The second-order valence-corrected chi connectivity index (χ2v) is 6.48. The molecular weight excluding hydrogens is 238 g/mol. The van der Waals surface area contributed by atoms with Crippen molar-refractivity contribution in [3.05, 3.63) is 11.6 Å². The maximum Gasteiger partial charge on any atom is 0.222 e. The molecule has 0 saturated carbocycles. The minimum Gasteiger partial charge on any atom is -0.381 e. The fourth-order valence-electron chi connectivity index (χ4n) is 3.69. The van der Waals surface area contributed by atoms with Crippen LogP contribution < -0.4 is 0 Å². The van der Waals surface area contributed by atoms with Crippen LogP contribution in [-0.4, -0.2) is 37.1 Å². The highest BCUT2D eigenvalue weighted by Gasteiger charge is 2.41. The number of likely N-dealkylation sites (tertiary alicyclic amines) is 1. The van der Waals surface area contributed by atoms with Crippen molar-refractivity contribution in [2.75, 3.05) is 26.3 Å². The summed E-state index contributed by atoms with van der Waals surface area (Å²) < 4.78 is 5.57. The number of nitrogens with zero attached hydrogens (tertiary/aromatic N) is 1. The summed E-state index contributed by atoms with van der Waals surface area (Å²) in [5.41, 5.74) is 1.86. The summed E-state index contributed by atoms with van der Waals surface area (Å²) in [7, 11) is 0. The Morgan fingerprint density at radius 1 is 1.26 bits per heavy atom. The summed E-state index contributed by atoms with van der Waals surface area (Å²) in [6.07, 6.45) is 11.5. The third-order valence-electron chi connectivity index (χ3n) is 5.02. The summed E-state index contributed by atoms with van der Waals surface area (Å²) in [5, 5.41) is 0. The first-order valence-electron chi connectivity index (χ1n) is 7.81. The molecule has 3 rings (SSSR count). The molecular formula is C16H25NO2. The third kappa shape index (κ3) is 3.02. The lowest BCUT2D eigenvalue weighted by Crippen LogP contribution is -2.47. The predicted molar refractivity (Wildman–Crippen MR) is 74.9 cm³/mol. The second-order valence-electron chi connectivity index (χ2n) is 6.48. The molecule has 2 heterocycles. The van der Waals surface area contributed by atoms with Crippen molar-refractivity contribution in [2.24, 2.45) is 5.41 Å². The lowest BCUT2D eigenvalue weighted by atomic mass is 9.79. The van der Waals surface area contributed by atoms with Crippen LogP contribution in [0.1, 0.15) is 51.4 Å². The molecule has 1 atom stereocenters. The zero-order chi connectivity index (χ0) is 13.1. The first kappa shape index (κ1) is 13.2. The SMILES string of the molecule is O=C1CCC2(CCOC2)CN1CCC1=CCCCC1. The first-order chi connectivity index (χ1) is 9.27. The van der Waals surface area contributed by atoms with Gasteiger partial charge in [0.15, 0.2) is 0 Å². The molecule has 2 aliphatic heterocycles. The molecule has 0 aromatic rings. The molecule has 0 N–H and O–H groups in total. The summed E-state index contributed by atoms with van der Waals surface area (Å²) >= 11 is 0. The molecule has 2 saturated heterocycles. The van der Waals surface area contributed by atoms with Gasteiger partial charge in [0.25, 0.3) is 0 Å². The number of carbonyl (C=O) groups excluding carboxylic acids is 1. The number of amides is 1. The van der Waals surface area contributed by atoms with Crippen molar-refractivity contribution in [1.82, 2.24) is 4.90 Å². The first-order valence-corrected chi connectivity index (χ1v) is 7.81. The Hall–Kier alpha value is -0.830. The zero-order valence-electron chi connectivity index (χ0n) is 11.8. The Labute approximate surface area is 116 Å². The molecule has 2 fully saturated rings. The summed E-state index contributed by atoms with van der Waals surface area (Å²) in [5.74, 6) is 0.355. The quantitative estimate of drug-likeness (QED) is 0.733. The van der Waals surface area contributed by atoms with E-state index in [9.17, 15) is 4.79 Å². The van der Waals surface area contributed by atoms with Gasteiger partial charge in [0.2, 0.25) is 5.91 Å². The lowest BCUT2D eigenvalue weighted by molar-refractivity contribution is -0.137. The number of allylic oxidation sites excluding steroid dienone is 1. The number of hydrogen-bond acceptors (Lipinski definition) is 2. The van der Waals surface area contributed by atoms with Gasteiger partial charge in [-0.25, -0.2) is 0 Å². The van der Waals surface area contributed by atoms with Gasteiger partial charge in [-0.3, -0.25) is 4.79 Å². The topological polar surface area (TPSA) is 29.5 Å². The van der Waals surface area contributed by atoms with E-state index in [4.69, 9.17) is 4.74 Å². The van der Waals surface area contributed by atoms with Crippen molar-refractivity contribution in [1.29, 1.82) is 0 Å². The smallest absolute Gasteiger partial charge is 0.222 e. The van der Waals surface area contributed by atoms with Crippen LogP contribution in [0.3, 0.4) is 0 Å². The van der Waals surface area contributed by atoms with Gasteiger partial charge in [-0.2, -0.15) is 0 Å². The van der Waals surface area contributed by atoms with E-state index in [-0.39, 0.29) is 5.41 Å². The molecule has 1 unspecified atom stereocenters. The molecule has 106 valence electrons. The third-order valence-corrected chi connectivity index (χ3v) is 5.02. The minimum atomic E-state index is 0.287. The van der Waals surface area contributed by atoms with Gasteiger partial charge >= 0.3 is 0 Å². The van der Waals surface area contributed by atoms with Crippen molar-refractivity contribution in [3.63, 3.8) is 0 Å². The monoisotopic (exact) mass is 263 g/mol. The number of rotatable bonds is 3. The van der Waals surface area contributed by atoms with E-state index in [2.05, 4.69) is 11.0 Å². The van der Waals surface area contributed by atoms with Gasteiger partial charge < -0.3 is 9.64 Å². The number of ether oxygens (including phenoxy) is 1. The van der Waals surface area contributed by atoms with Crippen LogP contribution in [0.25, 0.3) is 0 Å². The number of carbonyl (C=O) groups is 1. The van der Waals surface area contributed by atoms with E-state index in [1.807, 2.05) is 0 Å². The zero-order valence-corrected chi connectivity index (χ0v) is 11.8. The molecule has 1 aliphatic carbocycles. The van der Waals surface area contributed by atoms with Gasteiger partial charge in [-0.15, -0.1) is 0 Å². The molecule has 3 nitrogen and oxygen atoms in total. The van der Waals surface area contributed by atoms with Crippen molar-refractivity contribution >= 4 is 5.91 Å². The van der Waals surface area contributed by atoms with Crippen LogP contribution in [-0.2, 0) is 9.53 Å². The van der Waals surface area contributed by atoms with Crippen LogP contribution in [0.15, 0.2) is 11.6 Å². The highest BCUT2D eigenvalue weighted by molar-refractivity contribution is 5.77. The molecule has 3 heteroatoms. The van der Waals surface area contributed by atoms with Crippen molar-refractivity contribution < 1.29 is 9.53 Å². The van der Waals surface area contributed by atoms with E-state index in [0.29, 0.717) is 5.91 Å². The summed E-state index contributed by atoms with van der Waals surface area (Å²) in [6, 6.07) is 0. The molecule has 0 aromatic heterocycles. The largest absolute Gasteiger partial charge is 0.381 e. The maximum atomic E-state index is 12.1. The van der Waals surface area contributed by atoms with Crippen LogP contribution in [0.2, 0.25) is 0 Å². The van der Waals surface area contributed by atoms with Gasteiger partial charge in [0, 0.05) is 31.5 Å². The highest BCUT2D eigenvalue weighted by atomic mass is 16.5.